The summed E-state index contributed by atoms with van der Waals surface area (Å²) in [4.78, 5) is 54.3. The zero-order chi connectivity index (χ0) is 31.0. The van der Waals surface area contributed by atoms with E-state index in [4.69, 9.17) is 10.5 Å². The number of hydrogen-bond donors (Lipinski definition) is 3. The molecular formula is C32H54N4O5. The minimum Gasteiger partial charge on any atom is -0.444 e. The first-order valence-electron chi connectivity index (χ1n) is 15.2. The number of alkyl carbamates (subject to hydrolysis) is 1. The Kier molecular flexibility index (Phi) is 16.1. The molecule has 9 heteroatoms. The van der Waals surface area contributed by atoms with Crippen molar-refractivity contribution >= 4 is 23.8 Å². The molecule has 4 amide bonds. The van der Waals surface area contributed by atoms with E-state index in [2.05, 4.69) is 24.5 Å². The molecule has 4 N–H and O–H groups in total. The molecule has 1 aromatic carbocycles. The van der Waals surface area contributed by atoms with Gasteiger partial charge in [-0.15, -0.1) is 0 Å². The van der Waals surface area contributed by atoms with Gasteiger partial charge in [-0.25, -0.2) is 4.79 Å². The van der Waals surface area contributed by atoms with Crippen molar-refractivity contribution in [3.63, 3.8) is 0 Å². The third-order valence-electron chi connectivity index (χ3n) is 6.80. The van der Waals surface area contributed by atoms with Crippen molar-refractivity contribution < 1.29 is 23.9 Å². The number of amides is 4. The summed E-state index contributed by atoms with van der Waals surface area (Å²) >= 11 is 0. The predicted octanol–water partition coefficient (Wildman–Crippen LogP) is 5.61. The lowest BCUT2D eigenvalue weighted by molar-refractivity contribution is -0.143. The number of nitrogens with zero attached hydrogens (tertiary/aromatic N) is 1. The number of nitrogens with two attached hydrogens (primary N) is 1. The minimum atomic E-state index is -1.28. The van der Waals surface area contributed by atoms with Gasteiger partial charge in [0.25, 0.3) is 0 Å². The van der Waals surface area contributed by atoms with E-state index in [0.29, 0.717) is 18.5 Å². The fraction of sp³-hybridized carbons (Fsp3) is 0.688. The molecule has 2 atom stereocenters. The number of unbranched alkanes of at least 4 members (excludes halogenated alkanes) is 7. The summed E-state index contributed by atoms with van der Waals surface area (Å²) in [7, 11) is 0. The van der Waals surface area contributed by atoms with Crippen molar-refractivity contribution in [1.82, 2.24) is 15.5 Å². The number of rotatable bonds is 18. The summed E-state index contributed by atoms with van der Waals surface area (Å²) in [5.74, 6) is -1.58. The van der Waals surface area contributed by atoms with Crippen LogP contribution in [0.25, 0.3) is 0 Å². The first-order chi connectivity index (χ1) is 19.3. The molecule has 0 aliphatic heterocycles. The minimum absolute atomic E-state index is 0.288. The van der Waals surface area contributed by atoms with Gasteiger partial charge in [-0.2, -0.15) is 0 Å². The Balaban J connectivity index is 3.50. The molecule has 0 spiro atoms. The van der Waals surface area contributed by atoms with Crippen LogP contribution in [0.5, 0.6) is 0 Å². The number of ether oxygens (including phenoxy) is 1. The number of primary amides is 1. The highest BCUT2D eigenvalue weighted by molar-refractivity contribution is 5.94. The van der Waals surface area contributed by atoms with Crippen molar-refractivity contribution in [2.45, 2.75) is 130 Å². The van der Waals surface area contributed by atoms with Gasteiger partial charge in [0.2, 0.25) is 17.7 Å². The summed E-state index contributed by atoms with van der Waals surface area (Å²) in [6, 6.07) is 3.63. The highest BCUT2D eigenvalue weighted by atomic mass is 16.6. The van der Waals surface area contributed by atoms with E-state index in [1.165, 1.54) is 4.90 Å². The Morgan fingerprint density at radius 3 is 2.15 bits per heavy atom. The fourth-order valence-electron chi connectivity index (χ4n) is 4.67. The van der Waals surface area contributed by atoms with Gasteiger partial charge in [0.05, 0.1) is 6.42 Å². The lowest BCUT2D eigenvalue weighted by Gasteiger charge is -2.35. The molecular weight excluding hydrogens is 520 g/mol. The third-order valence-corrected chi connectivity index (χ3v) is 6.80. The highest BCUT2D eigenvalue weighted by Crippen LogP contribution is 2.28. The van der Waals surface area contributed by atoms with E-state index in [-0.39, 0.29) is 12.5 Å². The van der Waals surface area contributed by atoms with E-state index in [9.17, 15) is 19.2 Å². The van der Waals surface area contributed by atoms with Crippen LogP contribution in [0.1, 0.15) is 122 Å². The molecule has 0 bridgehead atoms. The zero-order valence-corrected chi connectivity index (χ0v) is 26.4. The number of benzene rings is 1. The highest BCUT2D eigenvalue weighted by Gasteiger charge is 2.37. The number of nitrogens with one attached hydrogen (secondary N) is 2. The molecule has 0 aliphatic rings. The van der Waals surface area contributed by atoms with Crippen LogP contribution in [0, 0.1) is 13.8 Å². The maximum atomic E-state index is 14.2. The van der Waals surface area contributed by atoms with E-state index in [1.807, 2.05) is 32.0 Å². The molecule has 0 radical (unpaired) electrons. The molecule has 1 rings (SSSR count). The van der Waals surface area contributed by atoms with Crippen LogP contribution in [0.4, 0.5) is 4.79 Å². The molecule has 0 saturated heterocycles. The van der Waals surface area contributed by atoms with E-state index in [0.717, 1.165) is 62.5 Å². The van der Waals surface area contributed by atoms with Crippen LogP contribution in [0.3, 0.4) is 0 Å². The quantitative estimate of drug-likeness (QED) is 0.196. The van der Waals surface area contributed by atoms with E-state index < -0.39 is 42.0 Å². The monoisotopic (exact) mass is 574 g/mol. The summed E-state index contributed by atoms with van der Waals surface area (Å²) < 4.78 is 5.37. The second-order valence-corrected chi connectivity index (χ2v) is 11.9. The summed E-state index contributed by atoms with van der Waals surface area (Å²) in [6.07, 6.45) is 7.55. The van der Waals surface area contributed by atoms with E-state index in [1.54, 1.807) is 20.8 Å². The van der Waals surface area contributed by atoms with Crippen LogP contribution >= 0.6 is 0 Å². The molecule has 1 aromatic rings. The Bertz CT molecular complexity index is 989. The molecule has 0 aromatic heterocycles. The van der Waals surface area contributed by atoms with Gasteiger partial charge >= 0.3 is 6.09 Å². The predicted molar refractivity (Wildman–Crippen MR) is 163 cm³/mol. The van der Waals surface area contributed by atoms with Crippen LogP contribution < -0.4 is 16.4 Å². The lowest BCUT2D eigenvalue weighted by Crippen LogP contribution is -2.54. The smallest absolute Gasteiger partial charge is 0.408 e. The van der Waals surface area contributed by atoms with Gasteiger partial charge in [-0.3, -0.25) is 14.4 Å². The Labute approximate surface area is 247 Å². The van der Waals surface area contributed by atoms with Gasteiger partial charge in [0.15, 0.2) is 0 Å². The first kappa shape index (κ1) is 35.9. The van der Waals surface area contributed by atoms with Crippen molar-refractivity contribution in [1.29, 1.82) is 0 Å². The van der Waals surface area contributed by atoms with Crippen LogP contribution in [-0.2, 0) is 19.1 Å². The second kappa shape index (κ2) is 18.4. The molecule has 9 nitrogen and oxygen atoms in total. The van der Waals surface area contributed by atoms with Crippen molar-refractivity contribution in [3.05, 3.63) is 34.9 Å². The largest absolute Gasteiger partial charge is 0.444 e. The average molecular weight is 575 g/mol. The number of carbonyl (C=O) groups excluding carboxylic acids is 4. The zero-order valence-electron chi connectivity index (χ0n) is 26.4. The standard InChI is InChI=1S/C32H54N4O5/c1-8-10-12-13-14-16-20-36(30(39)26(22-27(33)37)35-31(40)41-32(5,6)7)28(29(38)34-19-15-11-9-2)25-21-23(3)17-18-24(25)4/h17-18,21,26,28H,8-16,19-20,22H2,1-7H3,(H2,33,37)(H,34,38)(H,35,40). The Hall–Kier alpha value is -3.10. The van der Waals surface area contributed by atoms with Gasteiger partial charge in [0, 0.05) is 13.1 Å². The van der Waals surface area contributed by atoms with Gasteiger partial charge in [-0.1, -0.05) is 82.6 Å². The molecule has 41 heavy (non-hydrogen) atoms. The Morgan fingerprint density at radius 2 is 1.54 bits per heavy atom. The topological polar surface area (TPSA) is 131 Å². The lowest BCUT2D eigenvalue weighted by atomic mass is 9.95. The summed E-state index contributed by atoms with van der Waals surface area (Å²) in [6.45, 7) is 14.0. The fourth-order valence-corrected chi connectivity index (χ4v) is 4.67. The molecule has 0 aliphatic carbocycles. The normalized spacial score (nSPS) is 12.8. The van der Waals surface area contributed by atoms with Gasteiger partial charge < -0.3 is 26.0 Å². The maximum Gasteiger partial charge on any atom is 0.408 e. The van der Waals surface area contributed by atoms with E-state index >= 15 is 0 Å². The third kappa shape index (κ3) is 13.9. The van der Waals surface area contributed by atoms with Crippen LogP contribution in [-0.4, -0.2) is 53.4 Å². The van der Waals surface area contributed by atoms with Gasteiger partial charge in [0.1, 0.15) is 17.7 Å². The van der Waals surface area contributed by atoms with Crippen molar-refractivity contribution in [2.75, 3.05) is 13.1 Å². The number of carbonyl (C=O) groups is 4. The van der Waals surface area contributed by atoms with Crippen LogP contribution in [0.15, 0.2) is 18.2 Å². The molecule has 232 valence electrons. The molecule has 0 heterocycles. The maximum absolute atomic E-state index is 14.2. The molecule has 0 fully saturated rings. The number of hydrogen-bond acceptors (Lipinski definition) is 5. The van der Waals surface area contributed by atoms with Crippen molar-refractivity contribution in [3.8, 4) is 0 Å². The number of aryl methyl sites for hydroxylation is 2. The summed E-state index contributed by atoms with van der Waals surface area (Å²) in [5, 5.41) is 5.58. The average Bonchev–Trinajstić information content (AvgIpc) is 2.87. The second-order valence-electron chi connectivity index (χ2n) is 11.9. The SMILES string of the molecule is CCCCCCCCN(C(=O)C(CC(N)=O)NC(=O)OC(C)(C)C)C(C(=O)NCCCCC)c1cc(C)ccc1C. The van der Waals surface area contributed by atoms with Crippen LogP contribution in [0.2, 0.25) is 0 Å². The Morgan fingerprint density at radius 1 is 0.927 bits per heavy atom. The summed E-state index contributed by atoms with van der Waals surface area (Å²) in [5.41, 5.74) is 7.25. The first-order valence-corrected chi connectivity index (χ1v) is 15.2. The van der Waals surface area contributed by atoms with Gasteiger partial charge in [-0.05, 0) is 58.6 Å². The molecule has 2 unspecified atom stereocenters. The van der Waals surface area contributed by atoms with Crippen molar-refractivity contribution in [2.24, 2.45) is 5.73 Å². The molecule has 0 saturated carbocycles.